The van der Waals surface area contributed by atoms with Crippen molar-refractivity contribution in [3.63, 3.8) is 0 Å². The van der Waals surface area contributed by atoms with Crippen LogP contribution >= 0.6 is 0 Å². The average molecular weight is 400 g/mol. The molecule has 1 fully saturated rings. The van der Waals surface area contributed by atoms with Gasteiger partial charge in [0.05, 0.1) is 33.5 Å². The van der Waals surface area contributed by atoms with Crippen LogP contribution in [-0.2, 0) is 9.47 Å². The Morgan fingerprint density at radius 2 is 1.55 bits per heavy atom. The highest BCUT2D eigenvalue weighted by Crippen LogP contribution is 2.82. The number of benzene rings is 1. The molecule has 2 aliphatic rings. The second-order valence-electron chi connectivity index (χ2n) is 6.68. The molecule has 0 saturated heterocycles. The summed E-state index contributed by atoms with van der Waals surface area (Å²) in [7, 11) is 4.49. The van der Waals surface area contributed by atoms with Crippen LogP contribution in [0.25, 0.3) is 0 Å². The van der Waals surface area contributed by atoms with Crippen LogP contribution in [0.2, 0.25) is 0 Å². The molecule has 29 heavy (non-hydrogen) atoms. The Labute approximate surface area is 169 Å². The molecular formula is C20H24N4O5. The zero-order valence-corrected chi connectivity index (χ0v) is 17.1. The molecule has 0 radical (unpaired) electrons. The molecule has 9 heteroatoms. The topological polar surface area (TPSA) is 132 Å². The molecule has 3 atom stereocenters. The van der Waals surface area contributed by atoms with Crippen molar-refractivity contribution < 1.29 is 23.7 Å². The smallest absolute Gasteiger partial charge is 0.293 e. The van der Waals surface area contributed by atoms with Crippen molar-refractivity contribution in [2.45, 2.75) is 25.7 Å². The molecule has 0 aromatic heterocycles. The number of nitrogens with zero attached hydrogens (tertiary/aromatic N) is 3. The summed E-state index contributed by atoms with van der Waals surface area (Å²) in [6, 6.07) is 7.91. The highest BCUT2D eigenvalue weighted by atomic mass is 16.7. The van der Waals surface area contributed by atoms with E-state index in [-0.39, 0.29) is 19.0 Å². The number of ether oxygens (including phenoxy) is 5. The van der Waals surface area contributed by atoms with Crippen molar-refractivity contribution in [1.29, 1.82) is 10.5 Å². The van der Waals surface area contributed by atoms with Crippen LogP contribution in [-0.4, -0.2) is 46.3 Å². The minimum absolute atomic E-state index is 0.0159. The summed E-state index contributed by atoms with van der Waals surface area (Å²) < 4.78 is 27.9. The molecule has 0 bridgehead atoms. The number of nitriles is 2. The van der Waals surface area contributed by atoms with Gasteiger partial charge in [0.1, 0.15) is 11.3 Å². The van der Waals surface area contributed by atoms with Gasteiger partial charge in [0, 0.05) is 19.1 Å². The van der Waals surface area contributed by atoms with Gasteiger partial charge in [-0.25, -0.2) is 4.99 Å². The van der Waals surface area contributed by atoms with Gasteiger partial charge in [-0.15, -0.1) is 0 Å². The highest BCUT2D eigenvalue weighted by Gasteiger charge is 2.93. The number of amidine groups is 1. The van der Waals surface area contributed by atoms with Crippen molar-refractivity contribution in [1.82, 2.24) is 0 Å². The summed E-state index contributed by atoms with van der Waals surface area (Å²) in [6.07, 6.45) is 0. The minimum Gasteiger partial charge on any atom is -0.493 e. The Morgan fingerprint density at radius 1 is 1.00 bits per heavy atom. The monoisotopic (exact) mass is 400 g/mol. The molecule has 1 heterocycles. The molecule has 1 saturated carbocycles. The number of fused-ring (bicyclic) bond motifs is 1. The van der Waals surface area contributed by atoms with Gasteiger partial charge in [-0.2, -0.15) is 10.5 Å². The number of nitrogens with two attached hydrogens (primary N) is 1. The van der Waals surface area contributed by atoms with Gasteiger partial charge in [0.25, 0.3) is 5.91 Å². The van der Waals surface area contributed by atoms with Crippen molar-refractivity contribution in [3.8, 4) is 29.4 Å². The maximum Gasteiger partial charge on any atom is 0.293 e. The fourth-order valence-electron chi connectivity index (χ4n) is 4.52. The summed E-state index contributed by atoms with van der Waals surface area (Å²) >= 11 is 0. The van der Waals surface area contributed by atoms with E-state index in [1.54, 1.807) is 26.0 Å². The Bertz CT molecular complexity index is 903. The average Bonchev–Trinajstić information content (AvgIpc) is 3.31. The standard InChI is InChI=1S/C20H24N4O5/c1-6-28-20(29-7-2)19(11-22)16(18(19,10-21)17(23)24-20)12-8-13(25-3)15(27-5)14(9-12)26-4/h8-9,16H,6-7H2,1-5H3,(H2,23,24)/t16-,18+,19+/m1/s1. The molecule has 1 aliphatic carbocycles. The van der Waals surface area contributed by atoms with Gasteiger partial charge in [0.15, 0.2) is 16.9 Å². The molecule has 1 aromatic carbocycles. The van der Waals surface area contributed by atoms with Gasteiger partial charge >= 0.3 is 0 Å². The molecular weight excluding hydrogens is 376 g/mol. The van der Waals surface area contributed by atoms with Crippen molar-refractivity contribution in [3.05, 3.63) is 17.7 Å². The van der Waals surface area contributed by atoms with E-state index in [0.29, 0.717) is 22.8 Å². The fourth-order valence-corrected chi connectivity index (χ4v) is 4.52. The Balaban J connectivity index is 2.26. The van der Waals surface area contributed by atoms with Crippen LogP contribution in [0.5, 0.6) is 17.2 Å². The van der Waals surface area contributed by atoms with Gasteiger partial charge in [-0.05, 0) is 31.5 Å². The number of hydrogen-bond donors (Lipinski definition) is 1. The van der Waals surface area contributed by atoms with Crippen molar-refractivity contribution in [2.75, 3.05) is 34.5 Å². The molecule has 0 amide bonds. The molecule has 2 N–H and O–H groups in total. The molecule has 0 spiro atoms. The first-order chi connectivity index (χ1) is 13.9. The Kier molecular flexibility index (Phi) is 5.08. The Morgan fingerprint density at radius 3 is 1.93 bits per heavy atom. The molecule has 0 unspecified atom stereocenters. The summed E-state index contributed by atoms with van der Waals surface area (Å²) in [5, 5.41) is 20.4. The van der Waals surface area contributed by atoms with Crippen LogP contribution in [0.4, 0.5) is 0 Å². The fraction of sp³-hybridized carbons (Fsp3) is 0.550. The lowest BCUT2D eigenvalue weighted by molar-refractivity contribution is -0.255. The van der Waals surface area contributed by atoms with Crippen molar-refractivity contribution in [2.24, 2.45) is 21.6 Å². The molecule has 1 aromatic rings. The first-order valence-electron chi connectivity index (χ1n) is 9.19. The second-order valence-corrected chi connectivity index (χ2v) is 6.68. The number of rotatable bonds is 8. The third-order valence-corrected chi connectivity index (χ3v) is 5.63. The van der Waals surface area contributed by atoms with E-state index in [1.165, 1.54) is 21.3 Å². The summed E-state index contributed by atoms with van der Waals surface area (Å²) in [5.41, 5.74) is 3.99. The quantitative estimate of drug-likeness (QED) is 0.655. The Hall–Kier alpha value is -3.01. The molecule has 9 nitrogen and oxygen atoms in total. The SMILES string of the molecule is CCOC1(OCC)N=C(N)[C@]2(C#N)[C@@H](c3cc(OC)c(OC)c(OC)c3)[C@]12C#N. The lowest BCUT2D eigenvalue weighted by atomic mass is 9.93. The van der Waals surface area contributed by atoms with Gasteiger partial charge in [-0.1, -0.05) is 0 Å². The van der Waals surface area contributed by atoms with Gasteiger partial charge < -0.3 is 29.4 Å². The minimum atomic E-state index is -1.67. The van der Waals surface area contributed by atoms with Crippen LogP contribution in [0.1, 0.15) is 25.3 Å². The van der Waals surface area contributed by atoms with Crippen LogP contribution in [0, 0.1) is 33.5 Å². The van der Waals surface area contributed by atoms with E-state index in [1.807, 2.05) is 0 Å². The van der Waals surface area contributed by atoms with Gasteiger partial charge in [-0.3, -0.25) is 0 Å². The lowest BCUT2D eigenvalue weighted by Crippen LogP contribution is -2.43. The number of hydrogen-bond acceptors (Lipinski definition) is 9. The van der Waals surface area contributed by atoms with E-state index < -0.39 is 22.7 Å². The lowest BCUT2D eigenvalue weighted by Gasteiger charge is -2.31. The van der Waals surface area contributed by atoms with E-state index >= 15 is 0 Å². The normalized spacial score (nSPS) is 28.5. The third kappa shape index (κ3) is 2.29. The number of methoxy groups -OCH3 is 3. The summed E-state index contributed by atoms with van der Waals surface area (Å²) in [6.45, 7) is 3.98. The van der Waals surface area contributed by atoms with E-state index in [9.17, 15) is 10.5 Å². The summed E-state index contributed by atoms with van der Waals surface area (Å²) in [4.78, 5) is 4.33. The molecule has 1 aliphatic heterocycles. The van der Waals surface area contributed by atoms with E-state index in [2.05, 4.69) is 17.1 Å². The zero-order chi connectivity index (χ0) is 21.4. The molecule has 154 valence electrons. The second kappa shape index (κ2) is 7.11. The van der Waals surface area contributed by atoms with Gasteiger partial charge in [0.2, 0.25) is 5.75 Å². The van der Waals surface area contributed by atoms with Crippen LogP contribution in [0.3, 0.4) is 0 Å². The first kappa shape index (κ1) is 20.7. The predicted molar refractivity (Wildman–Crippen MR) is 103 cm³/mol. The van der Waals surface area contributed by atoms with Crippen LogP contribution in [0.15, 0.2) is 17.1 Å². The van der Waals surface area contributed by atoms with Crippen LogP contribution < -0.4 is 19.9 Å². The zero-order valence-electron chi connectivity index (χ0n) is 17.1. The summed E-state index contributed by atoms with van der Waals surface area (Å²) in [5.74, 6) is -1.10. The highest BCUT2D eigenvalue weighted by molar-refractivity contribution is 6.00. The maximum atomic E-state index is 10.3. The molecule has 3 rings (SSSR count). The van der Waals surface area contributed by atoms with E-state index in [0.717, 1.165) is 0 Å². The van der Waals surface area contributed by atoms with Crippen molar-refractivity contribution >= 4 is 5.84 Å². The third-order valence-electron chi connectivity index (χ3n) is 5.63. The predicted octanol–water partition coefficient (Wildman–Crippen LogP) is 1.93. The van der Waals surface area contributed by atoms with E-state index in [4.69, 9.17) is 29.4 Å². The maximum absolute atomic E-state index is 10.3. The number of aliphatic imine (C=N–C) groups is 1. The first-order valence-corrected chi connectivity index (χ1v) is 9.19. The largest absolute Gasteiger partial charge is 0.493 e.